The maximum Gasteiger partial charge on any atom is 0.324 e. The summed E-state index contributed by atoms with van der Waals surface area (Å²) in [4.78, 5) is 39.9. The van der Waals surface area contributed by atoms with Gasteiger partial charge >= 0.3 is 6.03 Å². The Morgan fingerprint density at radius 2 is 1.96 bits per heavy atom. The molecule has 3 heterocycles. The van der Waals surface area contributed by atoms with Crippen LogP contribution in [0.4, 0.5) is 4.79 Å². The average molecular weight is 367 g/mol. The zero-order chi connectivity index (χ0) is 19.1. The van der Waals surface area contributed by atoms with E-state index in [9.17, 15) is 14.4 Å². The Labute approximate surface area is 156 Å². The fourth-order valence-corrected chi connectivity index (χ4v) is 3.67. The molecule has 1 aromatic carbocycles. The third-order valence-corrected chi connectivity index (χ3v) is 5.17. The Morgan fingerprint density at radius 3 is 2.67 bits per heavy atom. The summed E-state index contributed by atoms with van der Waals surface area (Å²) in [5, 5.41) is 6.73. The van der Waals surface area contributed by atoms with Crippen LogP contribution in [0.1, 0.15) is 28.5 Å². The minimum Gasteiger partial charge on any atom is -0.334 e. The van der Waals surface area contributed by atoms with Crippen molar-refractivity contribution in [3.05, 3.63) is 47.3 Å². The van der Waals surface area contributed by atoms with Crippen molar-refractivity contribution in [1.29, 1.82) is 0 Å². The largest absolute Gasteiger partial charge is 0.334 e. The number of carbonyl (C=O) groups excluding carboxylic acids is 3. The molecule has 2 aromatic rings. The number of carbonyl (C=O) groups is 3. The van der Waals surface area contributed by atoms with Gasteiger partial charge in [0.05, 0.1) is 29.7 Å². The SMILES string of the molecule is CCc1c(C(=O)N2CCN3C(=O)NC(=O)C3C2)cnn1-c1ccc(C)cc1. The Bertz CT molecular complexity index is 918. The maximum absolute atomic E-state index is 13.1. The van der Waals surface area contributed by atoms with Crippen LogP contribution in [0.15, 0.2) is 30.5 Å². The second-order valence-electron chi connectivity index (χ2n) is 6.86. The van der Waals surface area contributed by atoms with E-state index >= 15 is 0 Å². The quantitative estimate of drug-likeness (QED) is 0.824. The predicted molar refractivity (Wildman–Crippen MR) is 97.6 cm³/mol. The minimum atomic E-state index is -0.604. The topological polar surface area (TPSA) is 87.5 Å². The molecule has 0 spiro atoms. The molecular formula is C19H21N5O3. The molecular weight excluding hydrogens is 346 g/mol. The number of hydrogen-bond acceptors (Lipinski definition) is 4. The van der Waals surface area contributed by atoms with Gasteiger partial charge in [-0.05, 0) is 25.5 Å². The monoisotopic (exact) mass is 367 g/mol. The molecule has 27 heavy (non-hydrogen) atoms. The van der Waals surface area contributed by atoms with Crippen LogP contribution < -0.4 is 5.32 Å². The smallest absolute Gasteiger partial charge is 0.324 e. The number of imide groups is 1. The van der Waals surface area contributed by atoms with Crippen LogP contribution in [0, 0.1) is 6.92 Å². The zero-order valence-electron chi connectivity index (χ0n) is 15.3. The molecule has 1 N–H and O–H groups in total. The van der Waals surface area contributed by atoms with Crippen molar-refractivity contribution in [3.63, 3.8) is 0 Å². The van der Waals surface area contributed by atoms with Crippen LogP contribution in [0.25, 0.3) is 5.69 Å². The fourth-order valence-electron chi connectivity index (χ4n) is 3.67. The lowest BCUT2D eigenvalue weighted by atomic mass is 10.1. The molecule has 8 nitrogen and oxygen atoms in total. The molecule has 140 valence electrons. The van der Waals surface area contributed by atoms with Gasteiger partial charge < -0.3 is 9.80 Å². The summed E-state index contributed by atoms with van der Waals surface area (Å²) in [7, 11) is 0. The van der Waals surface area contributed by atoms with Crippen LogP contribution in [-0.4, -0.2) is 63.1 Å². The van der Waals surface area contributed by atoms with Gasteiger partial charge in [0.25, 0.3) is 11.8 Å². The van der Waals surface area contributed by atoms with Gasteiger partial charge in [-0.25, -0.2) is 9.48 Å². The van der Waals surface area contributed by atoms with Crippen molar-refractivity contribution in [1.82, 2.24) is 24.9 Å². The van der Waals surface area contributed by atoms with Gasteiger partial charge in [0.15, 0.2) is 0 Å². The lowest BCUT2D eigenvalue weighted by Gasteiger charge is -2.35. The van der Waals surface area contributed by atoms with E-state index < -0.39 is 6.04 Å². The minimum absolute atomic E-state index is 0.156. The van der Waals surface area contributed by atoms with E-state index in [-0.39, 0.29) is 24.4 Å². The van der Waals surface area contributed by atoms with E-state index in [0.29, 0.717) is 25.1 Å². The van der Waals surface area contributed by atoms with E-state index in [1.807, 2.05) is 38.1 Å². The Morgan fingerprint density at radius 1 is 1.22 bits per heavy atom. The number of nitrogens with one attached hydrogen (secondary N) is 1. The van der Waals surface area contributed by atoms with Gasteiger partial charge in [-0.15, -0.1) is 0 Å². The van der Waals surface area contributed by atoms with Gasteiger partial charge in [-0.1, -0.05) is 24.6 Å². The third kappa shape index (κ3) is 2.87. The molecule has 1 aromatic heterocycles. The normalized spacial score (nSPS) is 19.3. The second-order valence-corrected chi connectivity index (χ2v) is 6.86. The van der Waals surface area contributed by atoms with Gasteiger partial charge in [-0.3, -0.25) is 14.9 Å². The summed E-state index contributed by atoms with van der Waals surface area (Å²) < 4.78 is 1.79. The number of urea groups is 1. The molecule has 1 unspecified atom stereocenters. The first-order valence-electron chi connectivity index (χ1n) is 9.04. The van der Waals surface area contributed by atoms with E-state index in [1.165, 1.54) is 4.90 Å². The van der Waals surface area contributed by atoms with E-state index in [0.717, 1.165) is 16.9 Å². The highest BCUT2D eigenvalue weighted by atomic mass is 16.2. The van der Waals surface area contributed by atoms with Crippen molar-refractivity contribution in [3.8, 4) is 5.69 Å². The molecule has 2 fully saturated rings. The second kappa shape index (κ2) is 6.53. The molecule has 4 rings (SSSR count). The molecule has 0 saturated carbocycles. The van der Waals surface area contributed by atoms with E-state index in [4.69, 9.17) is 0 Å². The standard InChI is InChI=1S/C19H21N5O3/c1-3-15-14(10-20-24(15)13-6-4-12(2)5-7-13)18(26)22-8-9-23-16(11-22)17(25)21-19(23)27/h4-7,10,16H,3,8-9,11H2,1-2H3,(H,21,25,27). The molecule has 2 saturated heterocycles. The number of aromatic nitrogens is 2. The first kappa shape index (κ1) is 17.3. The van der Waals surface area contributed by atoms with Gasteiger partial charge in [0, 0.05) is 13.1 Å². The molecule has 0 aliphatic carbocycles. The van der Waals surface area contributed by atoms with E-state index in [2.05, 4.69) is 10.4 Å². The van der Waals surface area contributed by atoms with Crippen LogP contribution >= 0.6 is 0 Å². The summed E-state index contributed by atoms with van der Waals surface area (Å²) in [5.41, 5.74) is 3.43. The maximum atomic E-state index is 13.1. The molecule has 2 aliphatic rings. The van der Waals surface area contributed by atoms with Gasteiger partial charge in [0.1, 0.15) is 6.04 Å². The zero-order valence-corrected chi connectivity index (χ0v) is 15.3. The summed E-state index contributed by atoms with van der Waals surface area (Å²) in [6.07, 6.45) is 2.24. The highest BCUT2D eigenvalue weighted by Gasteiger charge is 2.43. The molecule has 0 radical (unpaired) electrons. The van der Waals surface area contributed by atoms with Crippen LogP contribution in [0.5, 0.6) is 0 Å². The van der Waals surface area contributed by atoms with Crippen molar-refractivity contribution < 1.29 is 14.4 Å². The van der Waals surface area contributed by atoms with Crippen molar-refractivity contribution in [2.24, 2.45) is 0 Å². The van der Waals surface area contributed by atoms with Crippen molar-refractivity contribution in [2.75, 3.05) is 19.6 Å². The van der Waals surface area contributed by atoms with Crippen LogP contribution in [0.3, 0.4) is 0 Å². The molecule has 2 aliphatic heterocycles. The van der Waals surface area contributed by atoms with Crippen LogP contribution in [-0.2, 0) is 11.2 Å². The molecule has 0 bridgehead atoms. The number of nitrogens with zero attached hydrogens (tertiary/aromatic N) is 4. The average Bonchev–Trinajstić information content (AvgIpc) is 3.22. The number of aryl methyl sites for hydroxylation is 1. The Balaban J connectivity index is 1.60. The summed E-state index contributed by atoms with van der Waals surface area (Å²) >= 11 is 0. The first-order chi connectivity index (χ1) is 13.0. The van der Waals surface area contributed by atoms with Crippen molar-refractivity contribution in [2.45, 2.75) is 26.3 Å². The highest BCUT2D eigenvalue weighted by molar-refractivity contribution is 6.05. The number of piperazine rings is 1. The molecule has 1 atom stereocenters. The highest BCUT2D eigenvalue weighted by Crippen LogP contribution is 2.21. The Hall–Kier alpha value is -3.16. The predicted octanol–water partition coefficient (Wildman–Crippen LogP) is 1.12. The fraction of sp³-hybridized carbons (Fsp3) is 0.368. The summed E-state index contributed by atoms with van der Waals surface area (Å²) in [6.45, 7) is 4.96. The molecule has 4 amide bonds. The summed E-state index contributed by atoms with van der Waals surface area (Å²) in [6, 6.07) is 6.98. The first-order valence-corrected chi connectivity index (χ1v) is 9.04. The third-order valence-electron chi connectivity index (χ3n) is 5.17. The number of fused-ring (bicyclic) bond motifs is 1. The number of amides is 4. The van der Waals surface area contributed by atoms with Gasteiger partial charge in [0.2, 0.25) is 0 Å². The lowest BCUT2D eigenvalue weighted by Crippen LogP contribution is -2.54. The van der Waals surface area contributed by atoms with Crippen LogP contribution in [0.2, 0.25) is 0 Å². The van der Waals surface area contributed by atoms with Crippen molar-refractivity contribution >= 4 is 17.8 Å². The Kier molecular flexibility index (Phi) is 4.18. The molecule has 8 heteroatoms. The summed E-state index contributed by atoms with van der Waals surface area (Å²) in [5.74, 6) is -0.499. The number of hydrogen-bond donors (Lipinski definition) is 1. The van der Waals surface area contributed by atoms with E-state index in [1.54, 1.807) is 15.8 Å². The van der Waals surface area contributed by atoms with Gasteiger partial charge in [-0.2, -0.15) is 5.10 Å². The lowest BCUT2D eigenvalue weighted by molar-refractivity contribution is -0.122. The number of benzene rings is 1. The number of rotatable bonds is 3.